The molecule has 0 aromatic carbocycles. The van der Waals surface area contributed by atoms with Crippen LogP contribution in [0.5, 0.6) is 0 Å². The molecule has 2 aromatic rings. The summed E-state index contributed by atoms with van der Waals surface area (Å²) in [5.41, 5.74) is 0. The molecule has 4 heterocycles. The van der Waals surface area contributed by atoms with Gasteiger partial charge in [0.1, 0.15) is 24.8 Å². The number of likely N-dealkylation sites (N-methyl/N-ethyl adjacent to an activating group) is 2. The van der Waals surface area contributed by atoms with Crippen LogP contribution in [-0.2, 0) is 4.79 Å². The summed E-state index contributed by atoms with van der Waals surface area (Å²) >= 11 is 11.6. The Morgan fingerprint density at radius 3 is 1.57 bits per heavy atom. The van der Waals surface area contributed by atoms with Crippen molar-refractivity contribution in [2.24, 2.45) is 0 Å². The molecule has 0 radical (unpaired) electrons. The number of hydrogen-bond acceptors (Lipinski definition) is 11. The number of anilines is 2. The highest BCUT2D eigenvalue weighted by Crippen LogP contribution is 2.31. The average Bonchev–Trinajstić information content (AvgIpc) is 3.17. The Kier molecular flexibility index (Phi) is 5.75. The van der Waals surface area contributed by atoms with Gasteiger partial charge >= 0.3 is 0 Å². The van der Waals surface area contributed by atoms with E-state index in [1.54, 1.807) is 36.0 Å². The number of aliphatic hydroxyl groups is 2. The number of carbonyl (C=O) groups is 1. The van der Waals surface area contributed by atoms with Crippen molar-refractivity contribution in [3.05, 3.63) is 34.6 Å². The number of aromatic nitrogens is 4. The number of ketones is 1. The van der Waals surface area contributed by atoms with Gasteiger partial charge in [-0.15, -0.1) is 20.4 Å². The van der Waals surface area contributed by atoms with Gasteiger partial charge in [0, 0.05) is 13.1 Å². The number of halogens is 2. The zero-order chi connectivity index (χ0) is 21.6. The Labute approximate surface area is 182 Å². The first-order valence-electron chi connectivity index (χ1n) is 9.13. The third-order valence-electron chi connectivity index (χ3n) is 5.18. The third kappa shape index (κ3) is 3.68. The molecule has 2 aromatic heterocycles. The highest BCUT2D eigenvalue weighted by molar-refractivity contribution is 6.29. The van der Waals surface area contributed by atoms with Gasteiger partial charge in [0.05, 0.1) is 0 Å². The van der Waals surface area contributed by atoms with Crippen LogP contribution in [0.25, 0.3) is 0 Å². The van der Waals surface area contributed by atoms with E-state index in [4.69, 9.17) is 23.2 Å². The fraction of sp³-hybridized carbons (Fsp3) is 0.471. The zero-order valence-corrected chi connectivity index (χ0v) is 17.7. The van der Waals surface area contributed by atoms with Crippen LogP contribution in [0.1, 0.15) is 0 Å². The molecule has 4 atom stereocenters. The molecule has 2 fully saturated rings. The molecule has 0 spiro atoms. The maximum atomic E-state index is 13.7. The first kappa shape index (κ1) is 21.1. The number of aliphatic hydroxyl groups excluding tert-OH is 2. The van der Waals surface area contributed by atoms with E-state index >= 15 is 0 Å². The van der Waals surface area contributed by atoms with E-state index in [1.165, 1.54) is 21.9 Å². The maximum absolute atomic E-state index is 13.7. The zero-order valence-electron chi connectivity index (χ0n) is 16.2. The predicted octanol–water partition coefficient (Wildman–Crippen LogP) is -0.365. The molecule has 11 nitrogen and oxygen atoms in total. The minimum Gasteiger partial charge on any atom is -0.372 e. The average molecular weight is 455 g/mol. The highest BCUT2D eigenvalue weighted by Gasteiger charge is 2.50. The van der Waals surface area contributed by atoms with Crippen molar-refractivity contribution < 1.29 is 15.0 Å². The minimum atomic E-state index is -0.972. The third-order valence-corrected chi connectivity index (χ3v) is 5.58. The molecule has 4 rings (SSSR count). The Bertz CT molecular complexity index is 845. The molecule has 160 valence electrons. The van der Waals surface area contributed by atoms with Gasteiger partial charge in [-0.05, 0) is 38.4 Å². The van der Waals surface area contributed by atoms with Gasteiger partial charge in [0.15, 0.2) is 21.9 Å². The van der Waals surface area contributed by atoms with Gasteiger partial charge in [-0.25, -0.2) is 0 Å². The predicted molar refractivity (Wildman–Crippen MR) is 109 cm³/mol. The topological polar surface area (TPSA) is 122 Å². The van der Waals surface area contributed by atoms with Crippen molar-refractivity contribution in [2.75, 3.05) is 37.0 Å². The highest BCUT2D eigenvalue weighted by atomic mass is 35.5. The SMILES string of the molecule is CN1CC(O)N(c2ccc(Cl)nn2)C1C(=O)C1N(C)CC(O)N1c1ccc(Cl)nn1. The summed E-state index contributed by atoms with van der Waals surface area (Å²) in [5, 5.41) is 37.3. The summed E-state index contributed by atoms with van der Waals surface area (Å²) in [4.78, 5) is 20.1. The van der Waals surface area contributed by atoms with Crippen LogP contribution < -0.4 is 9.80 Å². The van der Waals surface area contributed by atoms with Gasteiger partial charge < -0.3 is 20.0 Å². The molecule has 0 aliphatic carbocycles. The van der Waals surface area contributed by atoms with Crippen molar-refractivity contribution in [3.8, 4) is 0 Å². The second-order valence-corrected chi connectivity index (χ2v) is 8.01. The first-order valence-corrected chi connectivity index (χ1v) is 9.89. The summed E-state index contributed by atoms with van der Waals surface area (Å²) in [6.45, 7) is 0.445. The van der Waals surface area contributed by atoms with E-state index in [2.05, 4.69) is 20.4 Å². The molecule has 2 aliphatic rings. The Balaban J connectivity index is 1.69. The Morgan fingerprint density at radius 1 is 0.833 bits per heavy atom. The van der Waals surface area contributed by atoms with Gasteiger partial charge in [0.2, 0.25) is 5.78 Å². The minimum absolute atomic E-state index is 0.204. The molecule has 2 aliphatic heterocycles. The van der Waals surface area contributed by atoms with Crippen LogP contribution in [0.2, 0.25) is 10.3 Å². The normalized spacial score (nSPS) is 27.8. The fourth-order valence-electron chi connectivity index (χ4n) is 3.93. The summed E-state index contributed by atoms with van der Waals surface area (Å²) in [6.07, 6.45) is -3.65. The van der Waals surface area contributed by atoms with Crippen molar-refractivity contribution in [3.63, 3.8) is 0 Å². The molecule has 2 N–H and O–H groups in total. The molecule has 13 heteroatoms. The van der Waals surface area contributed by atoms with Crippen molar-refractivity contribution >= 4 is 40.6 Å². The summed E-state index contributed by atoms with van der Waals surface area (Å²) in [6, 6.07) is 6.26. The van der Waals surface area contributed by atoms with Crippen LogP contribution in [0.15, 0.2) is 24.3 Å². The largest absolute Gasteiger partial charge is 0.372 e. The molecule has 0 saturated carbocycles. The van der Waals surface area contributed by atoms with Crippen molar-refractivity contribution in [1.29, 1.82) is 0 Å². The van der Waals surface area contributed by atoms with E-state index in [-0.39, 0.29) is 29.2 Å². The van der Waals surface area contributed by atoms with Crippen LogP contribution >= 0.6 is 23.2 Å². The van der Waals surface area contributed by atoms with Crippen molar-refractivity contribution in [1.82, 2.24) is 30.2 Å². The number of carbonyl (C=O) groups excluding carboxylic acids is 1. The van der Waals surface area contributed by atoms with Crippen molar-refractivity contribution in [2.45, 2.75) is 24.8 Å². The summed E-state index contributed by atoms with van der Waals surface area (Å²) in [7, 11) is 3.46. The van der Waals surface area contributed by atoms with E-state index in [0.717, 1.165) is 0 Å². The summed E-state index contributed by atoms with van der Waals surface area (Å²) in [5.74, 6) is 0.351. The lowest BCUT2D eigenvalue weighted by molar-refractivity contribution is -0.126. The fourth-order valence-corrected chi connectivity index (χ4v) is 4.13. The van der Waals surface area contributed by atoms with Crippen LogP contribution in [0.3, 0.4) is 0 Å². The number of hydrogen-bond donors (Lipinski definition) is 2. The van der Waals surface area contributed by atoms with Crippen LogP contribution in [-0.4, -0.2) is 98.2 Å². The quantitative estimate of drug-likeness (QED) is 0.628. The van der Waals surface area contributed by atoms with E-state index < -0.39 is 24.8 Å². The lowest BCUT2D eigenvalue weighted by Gasteiger charge is -2.35. The molecule has 2 saturated heterocycles. The number of Topliss-reactive ketones (excluding diaryl/α,β-unsaturated/α-hetero) is 1. The van der Waals surface area contributed by atoms with E-state index in [1.807, 2.05) is 0 Å². The molecular weight excluding hydrogens is 435 g/mol. The molecule has 0 amide bonds. The second kappa shape index (κ2) is 8.17. The van der Waals surface area contributed by atoms with Crippen LogP contribution in [0.4, 0.5) is 11.6 Å². The monoisotopic (exact) mass is 454 g/mol. The van der Waals surface area contributed by atoms with Gasteiger partial charge in [0.25, 0.3) is 0 Å². The molecule has 0 bridgehead atoms. The standard InChI is InChI=1S/C17H20Cl2N8O3/c1-24-7-13(28)26(11-5-3-9(18)20-22-11)16(24)15(30)17-25(2)8-14(29)27(17)12-6-4-10(19)21-23-12/h3-6,13-14,16-17,28-29H,7-8H2,1-2H3. The van der Waals surface area contributed by atoms with E-state index in [0.29, 0.717) is 11.6 Å². The van der Waals surface area contributed by atoms with Gasteiger partial charge in [-0.1, -0.05) is 23.2 Å². The lowest BCUT2D eigenvalue weighted by Crippen LogP contribution is -2.57. The number of nitrogens with zero attached hydrogens (tertiary/aromatic N) is 8. The second-order valence-electron chi connectivity index (χ2n) is 7.23. The maximum Gasteiger partial charge on any atom is 0.207 e. The molecule has 4 unspecified atom stereocenters. The van der Waals surface area contributed by atoms with Gasteiger partial charge in [-0.3, -0.25) is 14.6 Å². The Morgan fingerprint density at radius 2 is 1.23 bits per heavy atom. The van der Waals surface area contributed by atoms with Crippen LogP contribution in [0, 0.1) is 0 Å². The Hall–Kier alpha value is -2.15. The number of rotatable bonds is 4. The molecular formula is C17H20Cl2N8O3. The number of β-amino-alcohol motifs (C(OH)–C–C–N with tert-alkyl or cyclic N) is 2. The lowest BCUT2D eigenvalue weighted by atomic mass is 10.2. The van der Waals surface area contributed by atoms with Gasteiger partial charge in [-0.2, -0.15) is 0 Å². The molecule has 30 heavy (non-hydrogen) atoms. The smallest absolute Gasteiger partial charge is 0.207 e. The first-order chi connectivity index (χ1) is 14.3. The summed E-state index contributed by atoms with van der Waals surface area (Å²) < 4.78 is 0. The van der Waals surface area contributed by atoms with E-state index in [9.17, 15) is 15.0 Å².